The highest BCUT2D eigenvalue weighted by Crippen LogP contribution is 2.35. The van der Waals surface area contributed by atoms with Crippen molar-refractivity contribution in [1.29, 1.82) is 0 Å². The Morgan fingerprint density at radius 1 is 1.48 bits per heavy atom. The van der Waals surface area contributed by atoms with E-state index in [0.717, 1.165) is 0 Å². The minimum atomic E-state index is -0.682. The molecular weight excluding hydrogens is 278 g/mol. The molecule has 0 aliphatic carbocycles. The molecule has 1 aromatic carbocycles. The molecule has 2 rings (SSSR count). The van der Waals surface area contributed by atoms with Crippen molar-refractivity contribution in [1.82, 2.24) is 5.32 Å². The average Bonchev–Trinajstić information content (AvgIpc) is 2.42. The largest absolute Gasteiger partial charge is 0.487 e. The third-order valence-corrected chi connectivity index (χ3v) is 3.05. The molecule has 0 saturated carbocycles. The zero-order chi connectivity index (χ0) is 15.4. The van der Waals surface area contributed by atoms with Gasteiger partial charge < -0.3 is 10.1 Å². The van der Waals surface area contributed by atoms with Gasteiger partial charge in [0, 0.05) is 6.42 Å². The molecule has 21 heavy (non-hydrogen) atoms. The Kier molecular flexibility index (Phi) is 4.36. The van der Waals surface area contributed by atoms with Crippen molar-refractivity contribution in [2.75, 3.05) is 11.9 Å². The van der Waals surface area contributed by atoms with E-state index >= 15 is 0 Å². The Bertz CT molecular complexity index is 587. The number of anilines is 1. The van der Waals surface area contributed by atoms with Crippen LogP contribution < -0.4 is 15.4 Å². The van der Waals surface area contributed by atoms with Gasteiger partial charge in [0.15, 0.2) is 5.75 Å². The van der Waals surface area contributed by atoms with Crippen LogP contribution in [0.3, 0.4) is 0 Å². The number of rotatable bonds is 5. The lowest BCUT2D eigenvalue weighted by Crippen LogP contribution is -2.47. The first-order valence-electron chi connectivity index (χ1n) is 6.53. The Morgan fingerprint density at radius 3 is 2.86 bits per heavy atom. The van der Waals surface area contributed by atoms with Gasteiger partial charge in [0.05, 0.1) is 11.5 Å². The lowest BCUT2D eigenvalue weighted by molar-refractivity contribution is -0.384. The van der Waals surface area contributed by atoms with E-state index in [-0.39, 0.29) is 29.5 Å². The van der Waals surface area contributed by atoms with Gasteiger partial charge in [-0.15, -0.1) is 0 Å². The number of benzene rings is 1. The second-order valence-electron chi connectivity index (χ2n) is 4.49. The topological polar surface area (TPSA) is 111 Å². The molecule has 1 fully saturated rings. The molecule has 8 heteroatoms. The van der Waals surface area contributed by atoms with Gasteiger partial charge in [-0.1, -0.05) is 6.07 Å². The number of carbonyl (C=O) groups is 2. The van der Waals surface area contributed by atoms with Crippen LogP contribution in [0.15, 0.2) is 18.2 Å². The molecule has 1 atom stereocenters. The highest BCUT2D eigenvalue weighted by Gasteiger charge is 2.29. The van der Waals surface area contributed by atoms with Crippen molar-refractivity contribution < 1.29 is 19.2 Å². The number of amides is 2. The van der Waals surface area contributed by atoms with Gasteiger partial charge in [-0.05, 0) is 25.5 Å². The average molecular weight is 293 g/mol. The number of imide groups is 1. The predicted molar refractivity (Wildman–Crippen MR) is 74.1 cm³/mol. The van der Waals surface area contributed by atoms with E-state index in [4.69, 9.17) is 4.74 Å². The summed E-state index contributed by atoms with van der Waals surface area (Å²) in [7, 11) is 0. The fourth-order valence-corrected chi connectivity index (χ4v) is 2.12. The summed E-state index contributed by atoms with van der Waals surface area (Å²) >= 11 is 0. The maximum atomic E-state index is 11.7. The first-order chi connectivity index (χ1) is 10.0. The molecule has 0 bridgehead atoms. The minimum absolute atomic E-state index is 0.139. The molecule has 1 unspecified atom stereocenters. The van der Waals surface area contributed by atoms with Crippen LogP contribution in [0.5, 0.6) is 5.75 Å². The zero-order valence-corrected chi connectivity index (χ0v) is 11.4. The number of carbonyl (C=O) groups excluding carboxylic acids is 2. The Labute approximate surface area is 120 Å². The van der Waals surface area contributed by atoms with Gasteiger partial charge in [-0.3, -0.25) is 25.0 Å². The second kappa shape index (κ2) is 6.21. The Hall–Kier alpha value is -2.64. The summed E-state index contributed by atoms with van der Waals surface area (Å²) in [6.07, 6.45) is 0.489. The van der Waals surface area contributed by atoms with E-state index in [9.17, 15) is 19.7 Å². The van der Waals surface area contributed by atoms with Crippen LogP contribution in [0.25, 0.3) is 0 Å². The highest BCUT2D eigenvalue weighted by atomic mass is 16.6. The third-order valence-electron chi connectivity index (χ3n) is 3.05. The van der Waals surface area contributed by atoms with Crippen LogP contribution in [0.4, 0.5) is 11.4 Å². The van der Waals surface area contributed by atoms with E-state index in [1.807, 2.05) is 0 Å². The lowest BCUT2D eigenvalue weighted by atomic mass is 10.1. The first-order valence-corrected chi connectivity index (χ1v) is 6.53. The maximum Gasteiger partial charge on any atom is 0.333 e. The number of hydrogen-bond donors (Lipinski definition) is 2. The number of ether oxygens (including phenoxy) is 1. The van der Waals surface area contributed by atoms with Crippen LogP contribution >= 0.6 is 0 Å². The molecule has 1 aromatic rings. The van der Waals surface area contributed by atoms with Crippen molar-refractivity contribution in [3.63, 3.8) is 0 Å². The summed E-state index contributed by atoms with van der Waals surface area (Å²) in [5, 5.41) is 16.2. The SMILES string of the molecule is CCOc1cccc(NC2CCC(=O)NC2=O)c1[N+](=O)[O-]. The number of hydrogen-bond acceptors (Lipinski definition) is 6. The van der Waals surface area contributed by atoms with Gasteiger partial charge >= 0.3 is 5.69 Å². The van der Waals surface area contributed by atoms with Gasteiger partial charge in [0.25, 0.3) is 0 Å². The summed E-state index contributed by atoms with van der Waals surface area (Å²) in [4.78, 5) is 33.5. The fourth-order valence-electron chi connectivity index (χ4n) is 2.12. The van der Waals surface area contributed by atoms with E-state index in [1.165, 1.54) is 12.1 Å². The maximum absolute atomic E-state index is 11.7. The molecule has 1 heterocycles. The molecule has 0 spiro atoms. The highest BCUT2D eigenvalue weighted by molar-refractivity contribution is 6.01. The minimum Gasteiger partial charge on any atom is -0.487 e. The second-order valence-corrected chi connectivity index (χ2v) is 4.49. The normalized spacial score (nSPS) is 18.0. The lowest BCUT2D eigenvalue weighted by Gasteiger charge is -2.22. The van der Waals surface area contributed by atoms with Gasteiger partial charge in [-0.2, -0.15) is 0 Å². The van der Waals surface area contributed by atoms with Crippen LogP contribution in [-0.4, -0.2) is 29.4 Å². The quantitative estimate of drug-likeness (QED) is 0.479. The smallest absolute Gasteiger partial charge is 0.333 e. The molecule has 1 aliphatic heterocycles. The number of nitrogens with one attached hydrogen (secondary N) is 2. The number of piperidine rings is 1. The molecule has 1 saturated heterocycles. The van der Waals surface area contributed by atoms with Gasteiger partial charge in [0.2, 0.25) is 11.8 Å². The Balaban J connectivity index is 2.27. The fraction of sp³-hybridized carbons (Fsp3) is 0.385. The molecule has 0 aromatic heterocycles. The van der Waals surface area contributed by atoms with Crippen molar-refractivity contribution in [2.45, 2.75) is 25.8 Å². The molecule has 8 nitrogen and oxygen atoms in total. The monoisotopic (exact) mass is 293 g/mol. The number of para-hydroxylation sites is 1. The molecule has 0 radical (unpaired) electrons. The third kappa shape index (κ3) is 3.28. The summed E-state index contributed by atoms with van der Waals surface area (Å²) in [6.45, 7) is 2.02. The Morgan fingerprint density at radius 2 is 2.24 bits per heavy atom. The molecule has 112 valence electrons. The van der Waals surface area contributed by atoms with E-state index in [0.29, 0.717) is 13.0 Å². The van der Waals surface area contributed by atoms with Crippen molar-refractivity contribution in [3.8, 4) is 5.75 Å². The van der Waals surface area contributed by atoms with Gasteiger partial charge in [-0.25, -0.2) is 0 Å². The summed E-state index contributed by atoms with van der Waals surface area (Å²) < 4.78 is 5.24. The number of nitro groups is 1. The van der Waals surface area contributed by atoms with E-state index < -0.39 is 16.9 Å². The number of nitro benzene ring substituents is 1. The molecule has 2 amide bonds. The van der Waals surface area contributed by atoms with Crippen molar-refractivity contribution >= 4 is 23.2 Å². The van der Waals surface area contributed by atoms with E-state index in [1.54, 1.807) is 13.0 Å². The molecule has 2 N–H and O–H groups in total. The summed E-state index contributed by atoms with van der Waals surface area (Å²) in [6, 6.07) is 3.92. The van der Waals surface area contributed by atoms with Crippen LogP contribution in [0.2, 0.25) is 0 Å². The van der Waals surface area contributed by atoms with Crippen molar-refractivity contribution in [3.05, 3.63) is 28.3 Å². The molecule has 1 aliphatic rings. The van der Waals surface area contributed by atoms with Crippen LogP contribution in [-0.2, 0) is 9.59 Å². The van der Waals surface area contributed by atoms with Crippen molar-refractivity contribution in [2.24, 2.45) is 0 Å². The summed E-state index contributed by atoms with van der Waals surface area (Å²) in [5.74, 6) is -0.683. The standard InChI is InChI=1S/C13H15N3O5/c1-2-21-10-5-3-4-8(12(10)16(19)20)14-9-6-7-11(17)15-13(9)18/h3-5,9,14H,2,6-7H2,1H3,(H,15,17,18). The van der Waals surface area contributed by atoms with Gasteiger partial charge in [0.1, 0.15) is 11.7 Å². The van der Waals surface area contributed by atoms with Crippen LogP contribution in [0, 0.1) is 10.1 Å². The molecular formula is C13H15N3O5. The first kappa shape index (κ1) is 14.8. The summed E-state index contributed by atoms with van der Waals surface area (Å²) in [5.41, 5.74) is -0.0236. The van der Waals surface area contributed by atoms with Crippen LogP contribution in [0.1, 0.15) is 19.8 Å². The predicted octanol–water partition coefficient (Wildman–Crippen LogP) is 1.21. The zero-order valence-electron chi connectivity index (χ0n) is 11.4. The number of nitrogens with zero attached hydrogens (tertiary/aromatic N) is 1. The van der Waals surface area contributed by atoms with E-state index in [2.05, 4.69) is 10.6 Å².